The topological polar surface area (TPSA) is 85.5 Å². The molecule has 0 aliphatic heterocycles. The minimum absolute atomic E-state index is 0. The van der Waals surface area contributed by atoms with Gasteiger partial charge in [0.25, 0.3) is 0 Å². The van der Waals surface area contributed by atoms with E-state index in [1.807, 2.05) is 31.2 Å². The maximum atomic E-state index is 13.4. The van der Waals surface area contributed by atoms with Gasteiger partial charge in [-0.2, -0.15) is 0 Å². The van der Waals surface area contributed by atoms with Gasteiger partial charge in [-0.05, 0) is 36.8 Å². The van der Waals surface area contributed by atoms with Crippen molar-refractivity contribution in [1.82, 2.24) is 4.57 Å². The Morgan fingerprint density at radius 1 is 1.17 bits per heavy atom. The molecular formula is C23H23FNNaO4. The molecule has 0 unspecified atom stereocenters. The van der Waals surface area contributed by atoms with Crippen LogP contribution in [-0.4, -0.2) is 33.0 Å². The molecule has 0 radical (unpaired) electrons. The maximum Gasteiger partial charge on any atom is 1.00 e. The van der Waals surface area contributed by atoms with Gasteiger partial charge in [0.2, 0.25) is 0 Å². The van der Waals surface area contributed by atoms with Gasteiger partial charge in [0.15, 0.2) is 0 Å². The summed E-state index contributed by atoms with van der Waals surface area (Å²) in [5, 5.41) is 31.5. The number of carbonyl (C=O) groups excluding carboxylic acids is 1. The summed E-state index contributed by atoms with van der Waals surface area (Å²) < 4.78 is 15.5. The minimum Gasteiger partial charge on any atom is -0.550 e. The number of para-hydroxylation sites is 1. The first-order valence-electron chi connectivity index (χ1n) is 9.52. The summed E-state index contributed by atoms with van der Waals surface area (Å²) >= 11 is 0. The van der Waals surface area contributed by atoms with E-state index in [4.69, 9.17) is 0 Å². The number of aryl methyl sites for hydroxylation is 1. The number of hydrogen-bond acceptors (Lipinski definition) is 4. The van der Waals surface area contributed by atoms with Crippen LogP contribution in [0.4, 0.5) is 4.39 Å². The van der Waals surface area contributed by atoms with Crippen LogP contribution in [0.15, 0.2) is 54.6 Å². The van der Waals surface area contributed by atoms with Crippen LogP contribution in [-0.2, 0) is 11.3 Å². The second-order valence-electron chi connectivity index (χ2n) is 6.92. The number of nitrogens with zero attached hydrogens (tertiary/aromatic N) is 1. The van der Waals surface area contributed by atoms with Crippen molar-refractivity contribution in [2.24, 2.45) is 0 Å². The van der Waals surface area contributed by atoms with Crippen molar-refractivity contribution in [2.45, 2.75) is 38.5 Å². The van der Waals surface area contributed by atoms with Gasteiger partial charge in [-0.3, -0.25) is 0 Å². The Kier molecular flexibility index (Phi) is 8.82. The summed E-state index contributed by atoms with van der Waals surface area (Å²) in [5.41, 5.74) is 3.62. The summed E-state index contributed by atoms with van der Waals surface area (Å²) in [6.07, 6.45) is 0.454. The molecule has 0 aliphatic rings. The smallest absolute Gasteiger partial charge is 0.550 e. The summed E-state index contributed by atoms with van der Waals surface area (Å²) in [4.78, 5) is 10.6. The predicted molar refractivity (Wildman–Crippen MR) is 108 cm³/mol. The standard InChI is InChI=1S/C23H24FNO4.Na/c1-2-25-20-6-4-3-5-19(20)23(15-7-9-16(24)10-8-15)21(25)12-11-17(26)13-18(27)14-22(28)29;/h3-12,17-18,26-27H,2,13-14H2,1H3,(H,28,29);/q;+1/p-1/b12-11+;/t17-,18-;/m1./s1. The molecule has 0 amide bonds. The van der Waals surface area contributed by atoms with Gasteiger partial charge in [0.1, 0.15) is 5.82 Å². The van der Waals surface area contributed by atoms with Crippen LogP contribution in [0.5, 0.6) is 0 Å². The van der Waals surface area contributed by atoms with Crippen LogP contribution in [0.1, 0.15) is 25.5 Å². The molecule has 0 fully saturated rings. The van der Waals surface area contributed by atoms with Crippen molar-refractivity contribution in [3.8, 4) is 11.1 Å². The van der Waals surface area contributed by atoms with Crippen molar-refractivity contribution in [3.63, 3.8) is 0 Å². The number of rotatable bonds is 8. The van der Waals surface area contributed by atoms with Gasteiger partial charge >= 0.3 is 29.6 Å². The molecule has 0 spiro atoms. The quantitative estimate of drug-likeness (QED) is 0.493. The SMILES string of the molecule is CCn1c(/C=C/[C@@H](O)C[C@@H](O)CC(=O)[O-])c(-c2ccc(F)cc2)c2ccccc21.[Na+]. The average molecular weight is 419 g/mol. The van der Waals surface area contributed by atoms with Crippen molar-refractivity contribution < 1.29 is 54.1 Å². The zero-order valence-corrected chi connectivity index (χ0v) is 19.1. The Balaban J connectivity index is 0.00000320. The number of carboxylic acids is 1. The summed E-state index contributed by atoms with van der Waals surface area (Å²) in [6.45, 7) is 2.70. The van der Waals surface area contributed by atoms with Crippen LogP contribution in [0.25, 0.3) is 28.1 Å². The van der Waals surface area contributed by atoms with E-state index >= 15 is 0 Å². The molecule has 1 heterocycles. The number of hydrogen-bond donors (Lipinski definition) is 2. The predicted octanol–water partition coefficient (Wildman–Crippen LogP) is -0.264. The van der Waals surface area contributed by atoms with Crippen LogP contribution < -0.4 is 34.7 Å². The molecule has 7 heteroatoms. The van der Waals surface area contributed by atoms with Crippen LogP contribution >= 0.6 is 0 Å². The number of benzene rings is 2. The molecule has 2 atom stereocenters. The molecular weight excluding hydrogens is 396 g/mol. The molecule has 2 N–H and O–H groups in total. The fraction of sp³-hybridized carbons (Fsp3) is 0.261. The van der Waals surface area contributed by atoms with Crippen molar-refractivity contribution in [2.75, 3.05) is 0 Å². The van der Waals surface area contributed by atoms with E-state index in [-0.39, 0.29) is 41.8 Å². The van der Waals surface area contributed by atoms with Gasteiger partial charge < -0.3 is 24.7 Å². The van der Waals surface area contributed by atoms with E-state index < -0.39 is 24.6 Å². The van der Waals surface area contributed by atoms with Crippen LogP contribution in [0.3, 0.4) is 0 Å². The normalized spacial score (nSPS) is 13.3. The number of carboxylic acid groups (broad SMARTS) is 1. The van der Waals surface area contributed by atoms with Gasteiger partial charge in [0, 0.05) is 47.5 Å². The van der Waals surface area contributed by atoms with Gasteiger partial charge in [-0.15, -0.1) is 0 Å². The molecule has 0 saturated heterocycles. The first-order chi connectivity index (χ1) is 13.9. The van der Waals surface area contributed by atoms with E-state index in [0.29, 0.717) is 6.54 Å². The number of aliphatic hydroxyl groups is 2. The third kappa shape index (κ3) is 5.59. The fourth-order valence-electron chi connectivity index (χ4n) is 3.59. The summed E-state index contributed by atoms with van der Waals surface area (Å²) in [6, 6.07) is 14.1. The summed E-state index contributed by atoms with van der Waals surface area (Å²) in [5.74, 6) is -1.68. The second kappa shape index (κ2) is 10.9. The van der Waals surface area contributed by atoms with E-state index in [0.717, 1.165) is 27.7 Å². The van der Waals surface area contributed by atoms with E-state index in [9.17, 15) is 24.5 Å². The summed E-state index contributed by atoms with van der Waals surface area (Å²) in [7, 11) is 0. The zero-order valence-electron chi connectivity index (χ0n) is 17.1. The molecule has 0 aliphatic carbocycles. The largest absolute Gasteiger partial charge is 1.00 e. The molecule has 30 heavy (non-hydrogen) atoms. The van der Waals surface area contributed by atoms with Crippen molar-refractivity contribution >= 4 is 22.9 Å². The van der Waals surface area contributed by atoms with E-state index in [1.165, 1.54) is 18.2 Å². The first kappa shape index (κ1) is 24.3. The molecule has 3 rings (SSSR count). The average Bonchev–Trinajstić information content (AvgIpc) is 2.99. The van der Waals surface area contributed by atoms with Crippen molar-refractivity contribution in [3.05, 3.63) is 66.1 Å². The second-order valence-corrected chi connectivity index (χ2v) is 6.92. The Bertz CT molecular complexity index is 1030. The number of carbonyl (C=O) groups is 1. The number of halogens is 1. The third-order valence-corrected chi connectivity index (χ3v) is 4.85. The molecule has 2 aromatic carbocycles. The maximum absolute atomic E-state index is 13.4. The number of aromatic nitrogens is 1. The zero-order chi connectivity index (χ0) is 21.0. The molecule has 5 nitrogen and oxygen atoms in total. The number of aliphatic carboxylic acids is 1. The Morgan fingerprint density at radius 3 is 2.47 bits per heavy atom. The van der Waals surface area contributed by atoms with Gasteiger partial charge in [-0.25, -0.2) is 4.39 Å². The van der Waals surface area contributed by atoms with E-state index in [2.05, 4.69) is 4.57 Å². The molecule has 0 bridgehead atoms. The number of fused-ring (bicyclic) bond motifs is 1. The minimum atomic E-state index is -1.36. The Morgan fingerprint density at radius 2 is 1.83 bits per heavy atom. The van der Waals surface area contributed by atoms with Crippen LogP contribution in [0.2, 0.25) is 0 Å². The molecule has 3 aromatic rings. The monoisotopic (exact) mass is 419 g/mol. The van der Waals surface area contributed by atoms with Gasteiger partial charge in [0.05, 0.1) is 12.2 Å². The molecule has 1 aromatic heterocycles. The van der Waals surface area contributed by atoms with Gasteiger partial charge in [-0.1, -0.05) is 36.4 Å². The number of aliphatic hydroxyl groups excluding tert-OH is 2. The molecule has 152 valence electrons. The third-order valence-electron chi connectivity index (χ3n) is 4.85. The van der Waals surface area contributed by atoms with E-state index in [1.54, 1.807) is 18.2 Å². The molecule has 0 saturated carbocycles. The van der Waals surface area contributed by atoms with Crippen molar-refractivity contribution in [1.29, 1.82) is 0 Å². The Labute approximate surface area is 196 Å². The first-order valence-corrected chi connectivity index (χ1v) is 9.52. The fourth-order valence-corrected chi connectivity index (χ4v) is 3.59. The Hall–Kier alpha value is -1.96. The van der Waals surface area contributed by atoms with Crippen LogP contribution in [0, 0.1) is 5.82 Å².